The molecule has 0 unspecified atom stereocenters. The van der Waals surface area contributed by atoms with Crippen LogP contribution < -0.4 is 4.90 Å². The van der Waals surface area contributed by atoms with E-state index in [4.69, 9.17) is 11.6 Å². The lowest BCUT2D eigenvalue weighted by Crippen LogP contribution is -2.33. The molecule has 0 spiro atoms. The zero-order valence-corrected chi connectivity index (χ0v) is 10.8. The first-order valence-electron chi connectivity index (χ1n) is 6.03. The molecule has 0 bridgehead atoms. The van der Waals surface area contributed by atoms with E-state index in [-0.39, 0.29) is 0 Å². The molecule has 16 heavy (non-hydrogen) atoms. The number of pyridine rings is 1. The molecule has 1 saturated carbocycles. The Morgan fingerprint density at radius 1 is 1.31 bits per heavy atom. The summed E-state index contributed by atoms with van der Waals surface area (Å²) >= 11 is 5.94. The van der Waals surface area contributed by atoms with E-state index in [9.17, 15) is 0 Å². The highest BCUT2D eigenvalue weighted by Crippen LogP contribution is 2.27. The van der Waals surface area contributed by atoms with Gasteiger partial charge in [-0.3, -0.25) is 0 Å². The van der Waals surface area contributed by atoms with Gasteiger partial charge in [0.2, 0.25) is 0 Å². The van der Waals surface area contributed by atoms with Crippen LogP contribution in [0.1, 0.15) is 37.7 Å². The van der Waals surface area contributed by atoms with Crippen LogP contribution in [0, 0.1) is 6.92 Å². The first-order chi connectivity index (χ1) is 7.68. The maximum atomic E-state index is 5.94. The zero-order chi connectivity index (χ0) is 11.5. The largest absolute Gasteiger partial charge is 0.370 e. The topological polar surface area (TPSA) is 16.1 Å². The van der Waals surface area contributed by atoms with E-state index >= 15 is 0 Å². The minimum Gasteiger partial charge on any atom is -0.370 e. The summed E-state index contributed by atoms with van der Waals surface area (Å²) < 4.78 is 0. The van der Waals surface area contributed by atoms with Gasteiger partial charge in [-0.2, -0.15) is 0 Å². The Kier molecular flexibility index (Phi) is 3.70. The molecule has 2 rings (SSSR count). The summed E-state index contributed by atoms with van der Waals surface area (Å²) in [6.07, 6.45) is 8.59. The molecule has 0 aromatic carbocycles. The molecule has 1 aromatic heterocycles. The highest BCUT2D eigenvalue weighted by atomic mass is 35.5. The fraction of sp³-hybridized carbons (Fsp3) is 0.615. The fourth-order valence-electron chi connectivity index (χ4n) is 2.42. The van der Waals surface area contributed by atoms with E-state index < -0.39 is 0 Å². The van der Waals surface area contributed by atoms with Gasteiger partial charge in [0, 0.05) is 13.1 Å². The molecule has 0 atom stereocenters. The van der Waals surface area contributed by atoms with Gasteiger partial charge in [-0.05, 0) is 31.4 Å². The third kappa shape index (κ3) is 2.49. The van der Waals surface area contributed by atoms with Gasteiger partial charge in [0.25, 0.3) is 0 Å². The number of nitrogens with zero attached hydrogens (tertiary/aromatic N) is 2. The van der Waals surface area contributed by atoms with Crippen LogP contribution in [0.25, 0.3) is 0 Å². The van der Waals surface area contributed by atoms with Crippen molar-refractivity contribution >= 4 is 17.3 Å². The Morgan fingerprint density at radius 2 is 2.00 bits per heavy atom. The molecule has 1 aliphatic rings. The van der Waals surface area contributed by atoms with Gasteiger partial charge in [0.1, 0.15) is 5.15 Å². The molecule has 1 aliphatic carbocycles. The number of halogens is 1. The first kappa shape index (κ1) is 11.7. The molecule has 0 N–H and O–H groups in total. The Labute approximate surface area is 103 Å². The molecular formula is C13H19ClN2. The number of hydrogen-bond acceptors (Lipinski definition) is 2. The minimum atomic E-state index is 0.612. The van der Waals surface area contributed by atoms with Crippen molar-refractivity contribution in [2.24, 2.45) is 0 Å². The van der Waals surface area contributed by atoms with E-state index in [1.807, 2.05) is 13.1 Å². The van der Waals surface area contributed by atoms with E-state index in [0.29, 0.717) is 11.2 Å². The lowest BCUT2D eigenvalue weighted by Gasteiger charge is -2.32. The van der Waals surface area contributed by atoms with E-state index in [0.717, 1.165) is 5.56 Å². The Balaban J connectivity index is 2.12. The van der Waals surface area contributed by atoms with Gasteiger partial charge in [0.15, 0.2) is 0 Å². The van der Waals surface area contributed by atoms with Gasteiger partial charge in [0.05, 0.1) is 11.9 Å². The third-order valence-corrected chi connectivity index (χ3v) is 3.93. The predicted molar refractivity (Wildman–Crippen MR) is 69.3 cm³/mol. The summed E-state index contributed by atoms with van der Waals surface area (Å²) in [6.45, 7) is 2.01. The molecule has 0 aliphatic heterocycles. The zero-order valence-electron chi connectivity index (χ0n) is 10.0. The van der Waals surface area contributed by atoms with Crippen molar-refractivity contribution in [3.8, 4) is 0 Å². The molecule has 0 radical (unpaired) electrons. The second kappa shape index (κ2) is 5.05. The van der Waals surface area contributed by atoms with Crippen LogP contribution >= 0.6 is 11.6 Å². The number of aromatic nitrogens is 1. The maximum absolute atomic E-state index is 5.94. The normalized spacial score (nSPS) is 17.4. The van der Waals surface area contributed by atoms with Crippen LogP contribution in [0.5, 0.6) is 0 Å². The van der Waals surface area contributed by atoms with Crippen molar-refractivity contribution in [1.29, 1.82) is 0 Å². The van der Waals surface area contributed by atoms with Crippen molar-refractivity contribution in [3.63, 3.8) is 0 Å². The second-order valence-corrected chi connectivity index (χ2v) is 5.06. The molecule has 2 nitrogen and oxygen atoms in total. The summed E-state index contributed by atoms with van der Waals surface area (Å²) in [6, 6.07) is 2.81. The van der Waals surface area contributed by atoms with Gasteiger partial charge in [-0.25, -0.2) is 4.98 Å². The lowest BCUT2D eigenvalue weighted by molar-refractivity contribution is 0.427. The highest BCUT2D eigenvalue weighted by Gasteiger charge is 2.18. The Morgan fingerprint density at radius 3 is 2.62 bits per heavy atom. The average Bonchev–Trinajstić information content (AvgIpc) is 2.33. The summed E-state index contributed by atoms with van der Waals surface area (Å²) in [4.78, 5) is 6.57. The molecule has 88 valence electrons. The standard InChI is InChI=1S/C13H19ClN2/c1-10-8-12(9-15-13(10)14)16(2)11-6-4-3-5-7-11/h8-9,11H,3-7H2,1-2H3. The van der Waals surface area contributed by atoms with Crippen molar-refractivity contribution in [2.75, 3.05) is 11.9 Å². The third-order valence-electron chi connectivity index (χ3n) is 3.53. The van der Waals surface area contributed by atoms with Crippen LogP contribution in [0.2, 0.25) is 5.15 Å². The van der Waals surface area contributed by atoms with Crippen LogP contribution in [0.3, 0.4) is 0 Å². The van der Waals surface area contributed by atoms with Crippen molar-refractivity contribution < 1.29 is 0 Å². The monoisotopic (exact) mass is 238 g/mol. The van der Waals surface area contributed by atoms with Crippen LogP contribution in [0.15, 0.2) is 12.3 Å². The summed E-state index contributed by atoms with van der Waals surface area (Å²) in [7, 11) is 2.17. The van der Waals surface area contributed by atoms with Crippen LogP contribution in [-0.2, 0) is 0 Å². The highest BCUT2D eigenvalue weighted by molar-refractivity contribution is 6.30. The maximum Gasteiger partial charge on any atom is 0.132 e. The molecular weight excluding hydrogens is 220 g/mol. The second-order valence-electron chi connectivity index (χ2n) is 4.70. The average molecular weight is 239 g/mol. The Hall–Kier alpha value is -0.760. The number of aryl methyl sites for hydroxylation is 1. The molecule has 1 aromatic rings. The van der Waals surface area contributed by atoms with Crippen molar-refractivity contribution in [3.05, 3.63) is 23.0 Å². The van der Waals surface area contributed by atoms with Crippen molar-refractivity contribution in [2.45, 2.75) is 45.1 Å². The molecule has 0 amide bonds. The SMILES string of the molecule is Cc1cc(N(C)C2CCCCC2)cnc1Cl. The summed E-state index contributed by atoms with van der Waals surface area (Å²) in [5.74, 6) is 0. The molecule has 3 heteroatoms. The Bertz CT molecular complexity index is 359. The van der Waals surface area contributed by atoms with E-state index in [1.165, 1.54) is 37.8 Å². The quantitative estimate of drug-likeness (QED) is 0.729. The summed E-state index contributed by atoms with van der Waals surface area (Å²) in [5, 5.41) is 0.612. The van der Waals surface area contributed by atoms with E-state index in [1.54, 1.807) is 0 Å². The van der Waals surface area contributed by atoms with Crippen LogP contribution in [-0.4, -0.2) is 18.1 Å². The van der Waals surface area contributed by atoms with Crippen molar-refractivity contribution in [1.82, 2.24) is 4.98 Å². The van der Waals surface area contributed by atoms with Gasteiger partial charge >= 0.3 is 0 Å². The summed E-state index contributed by atoms with van der Waals surface area (Å²) in [5.41, 5.74) is 2.25. The fourth-order valence-corrected chi connectivity index (χ4v) is 2.52. The smallest absolute Gasteiger partial charge is 0.132 e. The number of anilines is 1. The van der Waals surface area contributed by atoms with Gasteiger partial charge in [-0.1, -0.05) is 30.9 Å². The van der Waals surface area contributed by atoms with Gasteiger partial charge in [-0.15, -0.1) is 0 Å². The molecule has 0 saturated heterocycles. The molecule has 1 heterocycles. The molecule has 1 fully saturated rings. The van der Waals surface area contributed by atoms with E-state index in [2.05, 4.69) is 23.0 Å². The first-order valence-corrected chi connectivity index (χ1v) is 6.41. The van der Waals surface area contributed by atoms with Crippen LogP contribution in [0.4, 0.5) is 5.69 Å². The number of hydrogen-bond donors (Lipinski definition) is 0. The predicted octanol–water partition coefficient (Wildman–Crippen LogP) is 3.81. The minimum absolute atomic E-state index is 0.612. The lowest BCUT2D eigenvalue weighted by atomic mass is 9.94. The number of rotatable bonds is 2. The van der Waals surface area contributed by atoms with Gasteiger partial charge < -0.3 is 4.90 Å².